The quantitative estimate of drug-likeness (QED) is 0.433. The molecule has 2 aromatic carbocycles. The average Bonchev–Trinajstić information content (AvgIpc) is 2.43. The molecule has 0 saturated heterocycles. The largest absolute Gasteiger partial charge is 0.508 e. The molecule has 7 nitrogen and oxygen atoms in total. The molecule has 2 rings (SSSR count). The number of rotatable bonds is 3. The smallest absolute Gasteiger partial charge is 0.339 e. The first-order chi connectivity index (χ1) is 9.90. The number of para-hydroxylation sites is 1. The van der Waals surface area contributed by atoms with Gasteiger partial charge in [-0.2, -0.15) is 0 Å². The van der Waals surface area contributed by atoms with Crippen LogP contribution in [0.1, 0.15) is 20.7 Å². The van der Waals surface area contributed by atoms with E-state index in [2.05, 4.69) is 5.32 Å². The number of phenols is 3. The second kappa shape index (κ2) is 5.41. The summed E-state index contributed by atoms with van der Waals surface area (Å²) in [5.74, 6) is -3.33. The molecular weight excluding hydrogens is 278 g/mol. The Morgan fingerprint density at radius 3 is 2.33 bits per heavy atom. The summed E-state index contributed by atoms with van der Waals surface area (Å²) >= 11 is 0. The predicted octanol–water partition coefficient (Wildman–Crippen LogP) is 1.75. The highest BCUT2D eigenvalue weighted by atomic mass is 16.4. The standard InChI is InChI=1S/C14H11NO6/c16-7-4-5-11(17)9(6-7)13(19)15-10-3-1-2-8(12(10)18)14(20)21/h1-6,16-18H,(H,15,19)(H,20,21). The summed E-state index contributed by atoms with van der Waals surface area (Å²) in [4.78, 5) is 22.9. The Bertz CT molecular complexity index is 725. The molecule has 2 aromatic rings. The van der Waals surface area contributed by atoms with Gasteiger partial charge in [0.25, 0.3) is 5.91 Å². The van der Waals surface area contributed by atoms with Gasteiger partial charge < -0.3 is 25.7 Å². The van der Waals surface area contributed by atoms with Crippen LogP contribution < -0.4 is 5.32 Å². The van der Waals surface area contributed by atoms with Gasteiger partial charge in [-0.15, -0.1) is 0 Å². The number of carboxylic acids is 1. The van der Waals surface area contributed by atoms with Crippen molar-refractivity contribution >= 4 is 17.6 Å². The second-order valence-corrected chi connectivity index (χ2v) is 4.16. The minimum atomic E-state index is -1.34. The molecule has 0 saturated carbocycles. The molecule has 108 valence electrons. The van der Waals surface area contributed by atoms with E-state index >= 15 is 0 Å². The number of phenolic OH excluding ortho intramolecular Hbond substituents is 2. The number of hydrogen-bond acceptors (Lipinski definition) is 5. The van der Waals surface area contributed by atoms with E-state index in [1.54, 1.807) is 0 Å². The fourth-order valence-corrected chi connectivity index (χ4v) is 1.71. The van der Waals surface area contributed by atoms with Gasteiger partial charge in [0.2, 0.25) is 0 Å². The third kappa shape index (κ3) is 2.86. The summed E-state index contributed by atoms with van der Waals surface area (Å²) in [6.07, 6.45) is 0. The molecule has 5 N–H and O–H groups in total. The summed E-state index contributed by atoms with van der Waals surface area (Å²) in [5.41, 5.74) is -0.703. The number of aromatic carboxylic acids is 1. The minimum Gasteiger partial charge on any atom is -0.508 e. The van der Waals surface area contributed by atoms with Crippen LogP contribution in [0.3, 0.4) is 0 Å². The van der Waals surface area contributed by atoms with E-state index in [0.717, 1.165) is 12.1 Å². The van der Waals surface area contributed by atoms with E-state index in [0.29, 0.717) is 0 Å². The van der Waals surface area contributed by atoms with Crippen molar-refractivity contribution in [1.82, 2.24) is 0 Å². The summed E-state index contributed by atoms with van der Waals surface area (Å²) in [6.45, 7) is 0. The Morgan fingerprint density at radius 2 is 1.67 bits per heavy atom. The molecule has 0 radical (unpaired) electrons. The lowest BCUT2D eigenvalue weighted by atomic mass is 10.1. The Balaban J connectivity index is 2.34. The Kier molecular flexibility index (Phi) is 3.66. The van der Waals surface area contributed by atoms with Crippen molar-refractivity contribution in [3.8, 4) is 17.2 Å². The van der Waals surface area contributed by atoms with Crippen LogP contribution in [-0.2, 0) is 0 Å². The number of carbonyl (C=O) groups is 2. The second-order valence-electron chi connectivity index (χ2n) is 4.16. The molecule has 0 spiro atoms. The fraction of sp³-hybridized carbons (Fsp3) is 0. The Hall–Kier alpha value is -3.22. The van der Waals surface area contributed by atoms with Crippen LogP contribution in [0, 0.1) is 0 Å². The van der Waals surface area contributed by atoms with Gasteiger partial charge >= 0.3 is 5.97 Å². The third-order valence-electron chi connectivity index (χ3n) is 2.74. The summed E-state index contributed by atoms with van der Waals surface area (Å²) in [6, 6.07) is 7.22. The van der Waals surface area contributed by atoms with Crippen molar-refractivity contribution < 1.29 is 30.0 Å². The van der Waals surface area contributed by atoms with Crippen LogP contribution >= 0.6 is 0 Å². The van der Waals surface area contributed by atoms with Gasteiger partial charge in [0, 0.05) is 0 Å². The number of aromatic hydroxyl groups is 3. The lowest BCUT2D eigenvalue weighted by Crippen LogP contribution is -2.13. The molecule has 1 amide bonds. The Labute approximate surface area is 118 Å². The highest BCUT2D eigenvalue weighted by Crippen LogP contribution is 2.29. The predicted molar refractivity (Wildman–Crippen MR) is 72.8 cm³/mol. The maximum absolute atomic E-state index is 12.0. The zero-order chi connectivity index (χ0) is 15.6. The molecule has 0 heterocycles. The van der Waals surface area contributed by atoms with E-state index in [-0.39, 0.29) is 28.3 Å². The summed E-state index contributed by atoms with van der Waals surface area (Å²) in [7, 11) is 0. The number of hydrogen-bond donors (Lipinski definition) is 5. The molecule has 7 heteroatoms. The van der Waals surface area contributed by atoms with Gasteiger partial charge in [0.1, 0.15) is 17.1 Å². The van der Waals surface area contributed by atoms with Gasteiger partial charge in [-0.05, 0) is 30.3 Å². The summed E-state index contributed by atoms with van der Waals surface area (Å²) in [5, 5.41) is 39.8. The van der Waals surface area contributed by atoms with Crippen molar-refractivity contribution in [2.45, 2.75) is 0 Å². The number of carboxylic acid groups (broad SMARTS) is 1. The molecule has 0 aliphatic rings. The first-order valence-corrected chi connectivity index (χ1v) is 5.78. The highest BCUT2D eigenvalue weighted by Gasteiger charge is 2.17. The topological polar surface area (TPSA) is 127 Å². The summed E-state index contributed by atoms with van der Waals surface area (Å²) < 4.78 is 0. The first-order valence-electron chi connectivity index (χ1n) is 5.78. The van der Waals surface area contributed by atoms with Crippen molar-refractivity contribution in [2.75, 3.05) is 5.32 Å². The van der Waals surface area contributed by atoms with E-state index in [1.165, 1.54) is 24.3 Å². The minimum absolute atomic E-state index is 0.123. The number of carbonyl (C=O) groups excluding carboxylic acids is 1. The van der Waals surface area contributed by atoms with Gasteiger partial charge in [0.05, 0.1) is 11.3 Å². The monoisotopic (exact) mass is 289 g/mol. The number of benzene rings is 2. The molecule has 0 aromatic heterocycles. The van der Waals surface area contributed by atoms with E-state index in [1.807, 2.05) is 0 Å². The Morgan fingerprint density at radius 1 is 0.952 bits per heavy atom. The van der Waals surface area contributed by atoms with Crippen LogP contribution in [-0.4, -0.2) is 32.3 Å². The molecule has 0 unspecified atom stereocenters. The SMILES string of the molecule is O=C(Nc1cccc(C(=O)O)c1O)c1cc(O)ccc1O. The van der Waals surface area contributed by atoms with Crippen LogP contribution in [0.4, 0.5) is 5.69 Å². The molecule has 0 aliphatic carbocycles. The van der Waals surface area contributed by atoms with Crippen molar-refractivity contribution in [1.29, 1.82) is 0 Å². The number of anilines is 1. The average molecular weight is 289 g/mol. The lowest BCUT2D eigenvalue weighted by molar-refractivity contribution is 0.0693. The molecule has 0 bridgehead atoms. The maximum Gasteiger partial charge on any atom is 0.339 e. The molecule has 0 atom stereocenters. The van der Waals surface area contributed by atoms with Gasteiger partial charge in [-0.25, -0.2) is 4.79 Å². The normalized spacial score (nSPS) is 10.1. The van der Waals surface area contributed by atoms with E-state index in [9.17, 15) is 24.9 Å². The zero-order valence-electron chi connectivity index (χ0n) is 10.6. The van der Waals surface area contributed by atoms with Gasteiger partial charge in [-0.1, -0.05) is 6.07 Å². The van der Waals surface area contributed by atoms with Crippen LogP contribution in [0.25, 0.3) is 0 Å². The molecule has 21 heavy (non-hydrogen) atoms. The van der Waals surface area contributed by atoms with Crippen molar-refractivity contribution in [3.05, 3.63) is 47.5 Å². The van der Waals surface area contributed by atoms with Crippen molar-refractivity contribution in [3.63, 3.8) is 0 Å². The van der Waals surface area contributed by atoms with Crippen LogP contribution in [0.2, 0.25) is 0 Å². The fourth-order valence-electron chi connectivity index (χ4n) is 1.71. The van der Waals surface area contributed by atoms with Gasteiger partial charge in [0.15, 0.2) is 5.75 Å². The molecule has 0 fully saturated rings. The lowest BCUT2D eigenvalue weighted by Gasteiger charge is -2.10. The van der Waals surface area contributed by atoms with E-state index < -0.39 is 17.6 Å². The number of amides is 1. The molecule has 0 aliphatic heterocycles. The maximum atomic E-state index is 12.0. The van der Waals surface area contributed by atoms with Crippen LogP contribution in [0.15, 0.2) is 36.4 Å². The van der Waals surface area contributed by atoms with Crippen LogP contribution in [0.5, 0.6) is 17.2 Å². The first kappa shape index (κ1) is 14.2. The number of nitrogens with one attached hydrogen (secondary N) is 1. The third-order valence-corrected chi connectivity index (χ3v) is 2.74. The van der Waals surface area contributed by atoms with E-state index in [4.69, 9.17) is 5.11 Å². The van der Waals surface area contributed by atoms with Crippen molar-refractivity contribution in [2.24, 2.45) is 0 Å². The zero-order valence-corrected chi connectivity index (χ0v) is 10.6. The molecular formula is C14H11NO6. The van der Waals surface area contributed by atoms with Gasteiger partial charge in [-0.3, -0.25) is 4.79 Å². The highest BCUT2D eigenvalue weighted by molar-refractivity contribution is 6.08.